The monoisotopic (exact) mass is 165 g/mol. The molecule has 1 rings (SSSR count). The standard InChI is InChI=1S/C10H15NO/c1-2-3-6-9-7-4-5-8-11-10(9)12/h4,7-9H,2-3,5-6H2,1H3/t9-/m1/s1. The Kier molecular flexibility index (Phi) is 3.71. The summed E-state index contributed by atoms with van der Waals surface area (Å²) in [6.45, 7) is 2.13. The number of hydrogen-bond acceptors (Lipinski definition) is 1. The lowest BCUT2D eigenvalue weighted by atomic mass is 10.0. The smallest absolute Gasteiger partial charge is 0.252 e. The molecule has 0 saturated heterocycles. The number of amides is 1. The second-order valence-corrected chi connectivity index (χ2v) is 3.06. The third-order valence-corrected chi connectivity index (χ3v) is 2.01. The van der Waals surface area contributed by atoms with Gasteiger partial charge in [0.1, 0.15) is 0 Å². The van der Waals surface area contributed by atoms with E-state index in [0.717, 1.165) is 25.7 Å². The van der Waals surface area contributed by atoms with Gasteiger partial charge in [-0.25, -0.2) is 4.99 Å². The fourth-order valence-corrected chi connectivity index (χ4v) is 1.27. The quantitative estimate of drug-likeness (QED) is 0.590. The molecule has 1 aliphatic heterocycles. The van der Waals surface area contributed by atoms with Crippen LogP contribution in [0.15, 0.2) is 17.1 Å². The average molecular weight is 165 g/mol. The number of allylic oxidation sites excluding steroid dienone is 1. The molecule has 0 spiro atoms. The van der Waals surface area contributed by atoms with Gasteiger partial charge in [-0.2, -0.15) is 0 Å². The lowest BCUT2D eigenvalue weighted by molar-refractivity contribution is -0.120. The van der Waals surface area contributed by atoms with Crippen LogP contribution >= 0.6 is 0 Å². The number of hydrogen-bond donors (Lipinski definition) is 0. The summed E-state index contributed by atoms with van der Waals surface area (Å²) < 4.78 is 0. The van der Waals surface area contributed by atoms with E-state index in [9.17, 15) is 4.79 Å². The minimum absolute atomic E-state index is 0.0252. The molecular formula is C10H15NO. The Labute approximate surface area is 73.4 Å². The fourth-order valence-electron chi connectivity index (χ4n) is 1.27. The highest BCUT2D eigenvalue weighted by molar-refractivity contribution is 5.89. The largest absolute Gasteiger partial charge is 0.272 e. The first-order valence-electron chi connectivity index (χ1n) is 4.57. The zero-order chi connectivity index (χ0) is 8.81. The first kappa shape index (κ1) is 9.17. The summed E-state index contributed by atoms with van der Waals surface area (Å²) in [5, 5.41) is 0. The predicted octanol–water partition coefficient (Wildman–Crippen LogP) is 2.35. The van der Waals surface area contributed by atoms with Crippen molar-refractivity contribution < 1.29 is 4.79 Å². The SMILES string of the molecule is CCCC[C@@H]1C=CCC=NC1=O. The maximum atomic E-state index is 11.3. The van der Waals surface area contributed by atoms with Crippen molar-refractivity contribution in [3.05, 3.63) is 12.2 Å². The molecule has 0 fully saturated rings. The van der Waals surface area contributed by atoms with Crippen molar-refractivity contribution >= 4 is 12.1 Å². The van der Waals surface area contributed by atoms with Crippen LogP contribution in [0.2, 0.25) is 0 Å². The van der Waals surface area contributed by atoms with Gasteiger partial charge in [0.2, 0.25) is 0 Å². The van der Waals surface area contributed by atoms with Gasteiger partial charge in [0.25, 0.3) is 5.91 Å². The van der Waals surface area contributed by atoms with Gasteiger partial charge in [0.15, 0.2) is 0 Å². The molecule has 1 atom stereocenters. The molecule has 0 unspecified atom stereocenters. The summed E-state index contributed by atoms with van der Waals surface area (Å²) in [6.07, 6.45) is 9.69. The van der Waals surface area contributed by atoms with E-state index in [0.29, 0.717) is 0 Å². The lowest BCUT2D eigenvalue weighted by Gasteiger charge is -2.05. The van der Waals surface area contributed by atoms with Gasteiger partial charge in [-0.3, -0.25) is 4.79 Å². The highest BCUT2D eigenvalue weighted by Crippen LogP contribution is 2.13. The topological polar surface area (TPSA) is 29.4 Å². The summed E-state index contributed by atoms with van der Waals surface area (Å²) in [7, 11) is 0. The molecule has 0 radical (unpaired) electrons. The normalized spacial score (nSPS) is 22.8. The van der Waals surface area contributed by atoms with E-state index in [-0.39, 0.29) is 11.8 Å². The van der Waals surface area contributed by atoms with Crippen molar-refractivity contribution in [1.29, 1.82) is 0 Å². The number of nitrogens with zero attached hydrogens (tertiary/aromatic N) is 1. The van der Waals surface area contributed by atoms with Crippen molar-refractivity contribution in [3.8, 4) is 0 Å². The number of aliphatic imine (C=N–C) groups is 1. The third-order valence-electron chi connectivity index (χ3n) is 2.01. The van der Waals surface area contributed by atoms with Crippen molar-refractivity contribution in [2.24, 2.45) is 10.9 Å². The summed E-state index contributed by atoms with van der Waals surface area (Å²) >= 11 is 0. The van der Waals surface area contributed by atoms with Crippen LogP contribution in [0.1, 0.15) is 32.6 Å². The molecule has 1 aliphatic rings. The first-order chi connectivity index (χ1) is 5.84. The summed E-state index contributed by atoms with van der Waals surface area (Å²) in [5.74, 6) is 0.0703. The second kappa shape index (κ2) is 4.86. The Morgan fingerprint density at radius 1 is 1.67 bits per heavy atom. The molecule has 0 saturated carbocycles. The predicted molar refractivity (Wildman–Crippen MR) is 50.3 cm³/mol. The zero-order valence-electron chi connectivity index (χ0n) is 7.49. The molecule has 0 N–H and O–H groups in total. The van der Waals surface area contributed by atoms with Gasteiger partial charge in [0, 0.05) is 12.6 Å². The van der Waals surface area contributed by atoms with Crippen LogP contribution in [-0.2, 0) is 4.79 Å². The van der Waals surface area contributed by atoms with Gasteiger partial charge in [-0.15, -0.1) is 0 Å². The fraction of sp³-hybridized carbons (Fsp3) is 0.600. The van der Waals surface area contributed by atoms with E-state index in [1.807, 2.05) is 12.2 Å². The first-order valence-corrected chi connectivity index (χ1v) is 4.57. The minimum atomic E-state index is 0.0252. The maximum absolute atomic E-state index is 11.3. The molecule has 66 valence electrons. The molecule has 0 aromatic heterocycles. The number of unbranched alkanes of at least 4 members (excludes halogenated alkanes) is 1. The van der Waals surface area contributed by atoms with E-state index in [2.05, 4.69) is 11.9 Å². The molecule has 0 aliphatic carbocycles. The van der Waals surface area contributed by atoms with Crippen molar-refractivity contribution in [2.75, 3.05) is 0 Å². The molecule has 1 amide bonds. The van der Waals surface area contributed by atoms with E-state index in [1.165, 1.54) is 0 Å². The van der Waals surface area contributed by atoms with Crippen LogP contribution in [-0.4, -0.2) is 12.1 Å². The van der Waals surface area contributed by atoms with E-state index >= 15 is 0 Å². The zero-order valence-corrected chi connectivity index (χ0v) is 7.49. The van der Waals surface area contributed by atoms with Crippen LogP contribution in [0.5, 0.6) is 0 Å². The molecule has 2 nitrogen and oxygen atoms in total. The Morgan fingerprint density at radius 3 is 3.25 bits per heavy atom. The number of rotatable bonds is 3. The van der Waals surface area contributed by atoms with Crippen LogP contribution in [0.25, 0.3) is 0 Å². The number of carbonyl (C=O) groups is 1. The highest BCUT2D eigenvalue weighted by atomic mass is 16.1. The van der Waals surface area contributed by atoms with Gasteiger partial charge >= 0.3 is 0 Å². The van der Waals surface area contributed by atoms with Crippen molar-refractivity contribution in [3.63, 3.8) is 0 Å². The molecular weight excluding hydrogens is 150 g/mol. The lowest BCUT2D eigenvalue weighted by Crippen LogP contribution is -2.08. The van der Waals surface area contributed by atoms with Crippen LogP contribution in [0.4, 0.5) is 0 Å². The van der Waals surface area contributed by atoms with E-state index in [1.54, 1.807) is 6.21 Å². The second-order valence-electron chi connectivity index (χ2n) is 3.06. The van der Waals surface area contributed by atoms with Crippen LogP contribution in [0.3, 0.4) is 0 Å². The van der Waals surface area contributed by atoms with Gasteiger partial charge in [0.05, 0.1) is 5.92 Å². The maximum Gasteiger partial charge on any atom is 0.252 e. The Balaban J connectivity index is 2.49. The third kappa shape index (κ3) is 2.61. The van der Waals surface area contributed by atoms with Crippen LogP contribution < -0.4 is 0 Å². The van der Waals surface area contributed by atoms with Crippen molar-refractivity contribution in [2.45, 2.75) is 32.6 Å². The van der Waals surface area contributed by atoms with Gasteiger partial charge in [-0.05, 0) is 6.42 Å². The molecule has 1 heterocycles. The van der Waals surface area contributed by atoms with Gasteiger partial charge < -0.3 is 0 Å². The summed E-state index contributed by atoms with van der Waals surface area (Å²) in [5.41, 5.74) is 0. The van der Waals surface area contributed by atoms with E-state index in [4.69, 9.17) is 0 Å². The summed E-state index contributed by atoms with van der Waals surface area (Å²) in [6, 6.07) is 0. The van der Waals surface area contributed by atoms with Crippen LogP contribution in [0, 0.1) is 5.92 Å². The van der Waals surface area contributed by atoms with E-state index < -0.39 is 0 Å². The molecule has 0 aromatic rings. The average Bonchev–Trinajstić information content (AvgIpc) is 2.27. The highest BCUT2D eigenvalue weighted by Gasteiger charge is 2.13. The molecule has 12 heavy (non-hydrogen) atoms. The molecule has 0 aromatic carbocycles. The minimum Gasteiger partial charge on any atom is -0.272 e. The Hall–Kier alpha value is -0.920. The molecule has 0 bridgehead atoms. The Morgan fingerprint density at radius 2 is 2.50 bits per heavy atom. The van der Waals surface area contributed by atoms with Gasteiger partial charge in [-0.1, -0.05) is 31.9 Å². The Bertz CT molecular complexity index is 206. The summed E-state index contributed by atoms with van der Waals surface area (Å²) in [4.78, 5) is 15.1. The van der Waals surface area contributed by atoms with Crippen molar-refractivity contribution in [1.82, 2.24) is 0 Å². The number of carbonyl (C=O) groups excluding carboxylic acids is 1. The molecule has 2 heteroatoms.